The van der Waals surface area contributed by atoms with Crippen molar-refractivity contribution in [2.24, 2.45) is 0 Å². The van der Waals surface area contributed by atoms with Crippen LogP contribution in [0.25, 0.3) is 11.0 Å². The van der Waals surface area contributed by atoms with Gasteiger partial charge in [0.05, 0.1) is 24.4 Å². The van der Waals surface area contributed by atoms with Gasteiger partial charge in [0, 0.05) is 26.1 Å². The van der Waals surface area contributed by atoms with Gasteiger partial charge in [-0.25, -0.2) is 8.42 Å². The van der Waals surface area contributed by atoms with Crippen LogP contribution in [0.5, 0.6) is 5.75 Å². The van der Waals surface area contributed by atoms with Crippen molar-refractivity contribution in [1.29, 1.82) is 0 Å². The van der Waals surface area contributed by atoms with E-state index < -0.39 is 10.0 Å². The van der Waals surface area contributed by atoms with Gasteiger partial charge in [-0.15, -0.1) is 0 Å². The second-order valence-corrected chi connectivity index (χ2v) is 11.4. The lowest BCUT2D eigenvalue weighted by molar-refractivity contribution is 0.0926. The van der Waals surface area contributed by atoms with Gasteiger partial charge in [0.15, 0.2) is 0 Å². The third-order valence-corrected chi connectivity index (χ3v) is 8.91. The molecule has 7 nitrogen and oxygen atoms in total. The summed E-state index contributed by atoms with van der Waals surface area (Å²) in [5, 5.41) is 4.17. The van der Waals surface area contributed by atoms with Crippen LogP contribution in [0.2, 0.25) is 0 Å². The van der Waals surface area contributed by atoms with Gasteiger partial charge in [-0.3, -0.25) is 0 Å². The number of hydrogen-bond donors (Lipinski definition) is 0. The molecule has 4 aromatic rings. The molecule has 2 aromatic carbocycles. The van der Waals surface area contributed by atoms with Gasteiger partial charge in [-0.05, 0) is 65.1 Å². The van der Waals surface area contributed by atoms with Crippen LogP contribution >= 0.6 is 23.1 Å². The molecule has 3 heterocycles. The number of fused-ring (bicyclic) bond motifs is 1. The van der Waals surface area contributed by atoms with Gasteiger partial charge in [0.1, 0.15) is 21.7 Å². The second-order valence-electron chi connectivity index (χ2n) is 8.20. The highest BCUT2D eigenvalue weighted by molar-refractivity contribution is 7.89. The van der Waals surface area contributed by atoms with Crippen molar-refractivity contribution >= 4 is 44.1 Å². The summed E-state index contributed by atoms with van der Waals surface area (Å²) in [6.45, 7) is 1.74. The maximum absolute atomic E-state index is 13.8. The molecule has 10 heteroatoms. The first kappa shape index (κ1) is 23.4. The largest absolute Gasteiger partial charge is 0.493 e. The Labute approximate surface area is 207 Å². The summed E-state index contributed by atoms with van der Waals surface area (Å²) in [5.41, 5.74) is 3.11. The average Bonchev–Trinajstić information content (AvgIpc) is 3.61. The van der Waals surface area contributed by atoms with Crippen LogP contribution in [-0.2, 0) is 27.7 Å². The molecule has 0 N–H and O–H groups in total. The molecule has 178 valence electrons. The SMILES string of the molecule is O=S(=O)(c1cccc2nsnc12)N(Cc1cccc(OCCc2ccsc2)c1)C[C@H]1CCCO1. The molecule has 0 aliphatic carbocycles. The molecular formula is C24H25N3O4S3. The van der Waals surface area contributed by atoms with E-state index >= 15 is 0 Å². The Morgan fingerprint density at radius 2 is 2.03 bits per heavy atom. The summed E-state index contributed by atoms with van der Waals surface area (Å²) in [7, 11) is -3.82. The minimum Gasteiger partial charge on any atom is -0.493 e. The lowest BCUT2D eigenvalue weighted by Gasteiger charge is -2.25. The Bertz CT molecular complexity index is 1330. The van der Waals surface area contributed by atoms with Crippen molar-refractivity contribution in [3.63, 3.8) is 0 Å². The Balaban J connectivity index is 1.37. The average molecular weight is 516 g/mol. The van der Waals surface area contributed by atoms with Gasteiger partial charge in [-0.1, -0.05) is 18.2 Å². The zero-order valence-corrected chi connectivity index (χ0v) is 20.9. The predicted molar refractivity (Wildman–Crippen MR) is 134 cm³/mol. The van der Waals surface area contributed by atoms with E-state index in [1.807, 2.05) is 24.3 Å². The van der Waals surface area contributed by atoms with E-state index in [1.54, 1.807) is 29.5 Å². The Hall–Kier alpha value is -2.37. The topological polar surface area (TPSA) is 81.6 Å². The van der Waals surface area contributed by atoms with E-state index in [9.17, 15) is 8.42 Å². The summed E-state index contributed by atoms with van der Waals surface area (Å²) in [4.78, 5) is 0.180. The molecule has 0 unspecified atom stereocenters. The number of ether oxygens (including phenoxy) is 2. The Kier molecular flexibility index (Phi) is 7.21. The number of thiophene rings is 1. The lowest BCUT2D eigenvalue weighted by atomic mass is 10.2. The molecule has 1 fully saturated rings. The van der Waals surface area contributed by atoms with E-state index in [-0.39, 0.29) is 17.5 Å². The number of rotatable bonds is 10. The van der Waals surface area contributed by atoms with Crippen molar-refractivity contribution in [2.45, 2.75) is 36.8 Å². The molecule has 0 radical (unpaired) electrons. The number of sulfonamides is 1. The fraction of sp³-hybridized carbons (Fsp3) is 0.333. The normalized spacial score (nSPS) is 16.4. The van der Waals surface area contributed by atoms with E-state index in [1.165, 1.54) is 9.87 Å². The number of nitrogens with zero attached hydrogens (tertiary/aromatic N) is 3. The summed E-state index contributed by atoms with van der Waals surface area (Å²) in [6, 6.07) is 14.8. The number of benzene rings is 2. The van der Waals surface area contributed by atoms with Gasteiger partial charge in [0.25, 0.3) is 0 Å². The molecule has 0 saturated carbocycles. The van der Waals surface area contributed by atoms with E-state index in [0.717, 1.165) is 42.3 Å². The third kappa shape index (κ3) is 5.31. The fourth-order valence-corrected chi connectivity index (χ4v) is 6.97. The smallest absolute Gasteiger partial charge is 0.245 e. The number of aromatic nitrogens is 2. The monoisotopic (exact) mass is 515 g/mol. The molecule has 1 aliphatic heterocycles. The molecular weight excluding hydrogens is 490 g/mol. The summed E-state index contributed by atoms with van der Waals surface area (Å²) >= 11 is 2.69. The van der Waals surface area contributed by atoms with Crippen molar-refractivity contribution in [1.82, 2.24) is 13.1 Å². The maximum Gasteiger partial charge on any atom is 0.245 e. The molecule has 34 heavy (non-hydrogen) atoms. The molecule has 2 aromatic heterocycles. The van der Waals surface area contributed by atoms with Gasteiger partial charge < -0.3 is 9.47 Å². The van der Waals surface area contributed by atoms with Gasteiger partial charge in [-0.2, -0.15) is 24.4 Å². The second kappa shape index (κ2) is 10.5. The van der Waals surface area contributed by atoms with Crippen LogP contribution in [0.4, 0.5) is 0 Å². The molecule has 0 bridgehead atoms. The van der Waals surface area contributed by atoms with Crippen LogP contribution in [0.3, 0.4) is 0 Å². The Morgan fingerprint density at radius 1 is 1.12 bits per heavy atom. The van der Waals surface area contributed by atoms with E-state index in [2.05, 4.69) is 25.6 Å². The fourth-order valence-electron chi connectivity index (χ4n) is 4.05. The first-order chi connectivity index (χ1) is 16.6. The standard InChI is InChI=1S/C24H25N3O4S3/c28-34(29,23-8-2-7-22-24(23)26-33-25-22)27(16-21-6-3-11-30-21)15-19-4-1-5-20(14-19)31-12-9-18-10-13-32-17-18/h1-2,4-5,7-8,10,13-14,17,21H,3,6,9,11-12,15-16H2/t21-/m1/s1. The van der Waals surface area contributed by atoms with Crippen LogP contribution < -0.4 is 4.74 Å². The quantitative estimate of drug-likeness (QED) is 0.303. The molecule has 0 amide bonds. The van der Waals surface area contributed by atoms with Crippen molar-refractivity contribution in [3.05, 3.63) is 70.4 Å². The van der Waals surface area contributed by atoms with E-state index in [0.29, 0.717) is 30.8 Å². The zero-order chi connectivity index (χ0) is 23.4. The molecule has 1 saturated heterocycles. The highest BCUT2D eigenvalue weighted by atomic mass is 32.2. The van der Waals surface area contributed by atoms with Gasteiger partial charge >= 0.3 is 0 Å². The van der Waals surface area contributed by atoms with Crippen molar-refractivity contribution in [3.8, 4) is 5.75 Å². The van der Waals surface area contributed by atoms with E-state index in [4.69, 9.17) is 9.47 Å². The van der Waals surface area contributed by atoms with Crippen molar-refractivity contribution < 1.29 is 17.9 Å². The van der Waals surface area contributed by atoms with Crippen LogP contribution in [-0.4, -0.2) is 47.3 Å². The summed E-state index contributed by atoms with van der Waals surface area (Å²) in [6.07, 6.45) is 2.50. The molecule has 5 rings (SSSR count). The van der Waals surface area contributed by atoms with Crippen LogP contribution in [0.15, 0.2) is 64.2 Å². The first-order valence-corrected chi connectivity index (χ1v) is 14.3. The van der Waals surface area contributed by atoms with Crippen LogP contribution in [0, 0.1) is 0 Å². The van der Waals surface area contributed by atoms with Crippen LogP contribution in [0.1, 0.15) is 24.0 Å². The minimum atomic E-state index is -3.82. The summed E-state index contributed by atoms with van der Waals surface area (Å²) in [5.74, 6) is 0.730. The third-order valence-electron chi connectivity index (χ3n) is 5.80. The van der Waals surface area contributed by atoms with Crippen molar-refractivity contribution in [2.75, 3.05) is 19.8 Å². The highest BCUT2D eigenvalue weighted by Crippen LogP contribution is 2.28. The minimum absolute atomic E-state index is 0.118. The van der Waals surface area contributed by atoms with Gasteiger partial charge in [0.2, 0.25) is 10.0 Å². The number of hydrogen-bond acceptors (Lipinski definition) is 8. The molecule has 1 atom stereocenters. The summed E-state index contributed by atoms with van der Waals surface area (Å²) < 4.78 is 49.3. The maximum atomic E-state index is 13.8. The molecule has 1 aliphatic rings. The molecule has 0 spiro atoms. The Morgan fingerprint density at radius 3 is 2.85 bits per heavy atom. The first-order valence-electron chi connectivity index (χ1n) is 11.2. The predicted octanol–water partition coefficient (Wildman–Crippen LogP) is 4.74. The lowest BCUT2D eigenvalue weighted by Crippen LogP contribution is -2.37. The zero-order valence-electron chi connectivity index (χ0n) is 18.5. The highest BCUT2D eigenvalue weighted by Gasteiger charge is 2.31.